The Bertz CT molecular complexity index is 1150. The number of benzene rings is 2. The van der Waals surface area contributed by atoms with E-state index in [1.807, 2.05) is 36.4 Å². The van der Waals surface area contributed by atoms with Gasteiger partial charge in [-0.1, -0.05) is 42.5 Å². The third kappa shape index (κ3) is 7.06. The minimum absolute atomic E-state index is 0.228. The van der Waals surface area contributed by atoms with Crippen LogP contribution in [0.15, 0.2) is 66.9 Å². The van der Waals surface area contributed by atoms with Gasteiger partial charge in [-0.05, 0) is 17.7 Å². The SMILES string of the molecule is NCCN(CCN)C(=O)C[C@H](N)C(=O)N[C@H](C(=O)Nc1c[nH+]c2ccccc2c1)c1ccccc1. The predicted octanol–water partition coefficient (Wildman–Crippen LogP) is -0.0867. The molecule has 0 spiro atoms. The molecule has 1 heterocycles. The first-order chi connectivity index (χ1) is 16.9. The lowest BCUT2D eigenvalue weighted by atomic mass is 10.0. The van der Waals surface area contributed by atoms with Gasteiger partial charge in [-0.15, -0.1) is 0 Å². The van der Waals surface area contributed by atoms with Crippen molar-refractivity contribution in [1.29, 1.82) is 0 Å². The first-order valence-corrected chi connectivity index (χ1v) is 11.4. The van der Waals surface area contributed by atoms with E-state index < -0.39 is 23.9 Å². The molecule has 0 unspecified atom stereocenters. The number of nitrogens with one attached hydrogen (secondary N) is 3. The van der Waals surface area contributed by atoms with E-state index in [0.717, 1.165) is 10.9 Å². The van der Waals surface area contributed by atoms with Gasteiger partial charge in [0.25, 0.3) is 5.91 Å². The summed E-state index contributed by atoms with van der Waals surface area (Å²) in [6, 6.07) is 16.2. The minimum atomic E-state index is -1.14. The number of amides is 3. The largest absolute Gasteiger partial charge is 0.340 e. The number of aromatic nitrogens is 1. The molecule has 35 heavy (non-hydrogen) atoms. The molecule has 3 rings (SSSR count). The molecule has 0 aliphatic carbocycles. The van der Waals surface area contributed by atoms with Crippen molar-refractivity contribution in [2.45, 2.75) is 18.5 Å². The summed E-state index contributed by atoms with van der Waals surface area (Å²) in [6.45, 7) is 1.19. The van der Waals surface area contributed by atoms with E-state index in [4.69, 9.17) is 17.2 Å². The van der Waals surface area contributed by atoms with E-state index in [2.05, 4.69) is 15.6 Å². The molecular weight excluding hydrogens is 446 g/mol. The Kier molecular flexibility index (Phi) is 9.24. The van der Waals surface area contributed by atoms with Crippen LogP contribution in [0.1, 0.15) is 18.0 Å². The quantitative estimate of drug-likeness (QED) is 0.258. The number of nitrogens with zero attached hydrogens (tertiary/aromatic N) is 1. The van der Waals surface area contributed by atoms with Crippen molar-refractivity contribution >= 4 is 34.3 Å². The number of H-pyrrole nitrogens is 1. The van der Waals surface area contributed by atoms with Gasteiger partial charge in [0.2, 0.25) is 17.3 Å². The Balaban J connectivity index is 1.73. The third-order valence-corrected chi connectivity index (χ3v) is 5.49. The van der Waals surface area contributed by atoms with Gasteiger partial charge in [0.15, 0.2) is 6.20 Å². The maximum Gasteiger partial charge on any atom is 0.251 e. The van der Waals surface area contributed by atoms with Gasteiger partial charge in [0.1, 0.15) is 11.7 Å². The summed E-state index contributed by atoms with van der Waals surface area (Å²) < 4.78 is 0. The Morgan fingerprint density at radius 1 is 0.914 bits per heavy atom. The van der Waals surface area contributed by atoms with E-state index in [1.54, 1.807) is 30.5 Å². The Morgan fingerprint density at radius 3 is 2.26 bits per heavy atom. The molecule has 2 aromatic carbocycles. The molecule has 184 valence electrons. The molecule has 0 fully saturated rings. The Morgan fingerprint density at radius 2 is 1.57 bits per heavy atom. The Labute approximate surface area is 203 Å². The van der Waals surface area contributed by atoms with Crippen molar-refractivity contribution in [2.75, 3.05) is 31.5 Å². The highest BCUT2D eigenvalue weighted by atomic mass is 16.2. The molecule has 0 saturated carbocycles. The molecule has 3 amide bonds. The molecule has 0 bridgehead atoms. The maximum absolute atomic E-state index is 13.2. The first-order valence-electron chi connectivity index (χ1n) is 11.4. The topological polar surface area (TPSA) is 171 Å². The molecule has 0 aliphatic heterocycles. The second-order valence-electron chi connectivity index (χ2n) is 8.09. The summed E-state index contributed by atoms with van der Waals surface area (Å²) in [5.41, 5.74) is 19.2. The van der Waals surface area contributed by atoms with Crippen molar-refractivity contribution in [2.24, 2.45) is 17.2 Å². The number of carbonyl (C=O) groups is 3. The minimum Gasteiger partial charge on any atom is -0.340 e. The number of hydrogen-bond donors (Lipinski definition) is 5. The highest BCUT2D eigenvalue weighted by Gasteiger charge is 2.28. The van der Waals surface area contributed by atoms with Gasteiger partial charge in [-0.25, -0.2) is 4.98 Å². The van der Waals surface area contributed by atoms with E-state index in [1.165, 1.54) is 4.90 Å². The van der Waals surface area contributed by atoms with Crippen molar-refractivity contribution in [1.82, 2.24) is 10.2 Å². The summed E-state index contributed by atoms with van der Waals surface area (Å²) in [6.07, 6.45) is 1.45. The number of anilines is 1. The maximum atomic E-state index is 13.2. The average Bonchev–Trinajstić information content (AvgIpc) is 2.87. The van der Waals surface area contributed by atoms with E-state index >= 15 is 0 Å². The average molecular weight is 479 g/mol. The standard InChI is InChI=1S/C25H31N7O3/c26-10-12-32(13-11-27)22(33)15-20(28)24(34)31-23(17-6-2-1-3-7-17)25(35)30-19-14-18-8-4-5-9-21(18)29-16-19/h1-9,14,16,20,23H,10-13,15,26-28H2,(H,30,35)(H,31,34)/p+1/t20-,23-/m0/s1. The molecule has 0 aliphatic rings. The number of pyridine rings is 1. The van der Waals surface area contributed by atoms with Crippen LogP contribution in [0, 0.1) is 0 Å². The molecule has 0 saturated heterocycles. The van der Waals surface area contributed by atoms with Crippen LogP contribution in [0.2, 0.25) is 0 Å². The fourth-order valence-electron chi connectivity index (χ4n) is 3.68. The second-order valence-corrected chi connectivity index (χ2v) is 8.09. The summed E-state index contributed by atoms with van der Waals surface area (Å²) in [7, 11) is 0. The highest BCUT2D eigenvalue weighted by molar-refractivity contribution is 5.99. The van der Waals surface area contributed by atoms with Gasteiger partial charge in [0.05, 0.1) is 12.5 Å². The highest BCUT2D eigenvalue weighted by Crippen LogP contribution is 2.18. The fourth-order valence-corrected chi connectivity index (χ4v) is 3.68. The molecular formula is C25H32N7O3+. The van der Waals surface area contributed by atoms with Crippen LogP contribution >= 0.6 is 0 Å². The van der Waals surface area contributed by atoms with Crippen molar-refractivity contribution in [3.8, 4) is 0 Å². The van der Waals surface area contributed by atoms with Gasteiger partial charge in [0, 0.05) is 37.6 Å². The van der Waals surface area contributed by atoms with Crippen LogP contribution in [0.4, 0.5) is 5.69 Å². The normalized spacial score (nSPS) is 12.5. The number of hydrogen-bond acceptors (Lipinski definition) is 6. The fraction of sp³-hybridized carbons (Fsp3) is 0.280. The van der Waals surface area contributed by atoms with Crippen LogP contribution in [-0.4, -0.2) is 54.8 Å². The molecule has 10 nitrogen and oxygen atoms in total. The van der Waals surface area contributed by atoms with Gasteiger partial charge < -0.3 is 32.7 Å². The van der Waals surface area contributed by atoms with Crippen LogP contribution in [0.25, 0.3) is 10.9 Å². The van der Waals surface area contributed by atoms with Crippen molar-refractivity contribution in [3.63, 3.8) is 0 Å². The lowest BCUT2D eigenvalue weighted by molar-refractivity contribution is -0.343. The van der Waals surface area contributed by atoms with Gasteiger partial charge >= 0.3 is 0 Å². The van der Waals surface area contributed by atoms with Crippen LogP contribution < -0.4 is 32.8 Å². The summed E-state index contributed by atoms with van der Waals surface area (Å²) in [4.78, 5) is 43.3. The molecule has 0 radical (unpaired) electrons. The molecule has 10 heteroatoms. The lowest BCUT2D eigenvalue weighted by Crippen LogP contribution is -2.48. The van der Waals surface area contributed by atoms with Crippen LogP contribution in [0.5, 0.6) is 0 Å². The molecule has 3 aromatic rings. The summed E-state index contributed by atoms with van der Waals surface area (Å²) in [5.74, 6) is -1.39. The zero-order chi connectivity index (χ0) is 25.2. The smallest absolute Gasteiger partial charge is 0.251 e. The number of para-hydroxylation sites is 1. The number of fused-ring (bicyclic) bond motifs is 1. The Hall–Kier alpha value is -3.86. The lowest BCUT2D eigenvalue weighted by Gasteiger charge is -2.24. The van der Waals surface area contributed by atoms with Crippen molar-refractivity contribution in [3.05, 3.63) is 72.4 Å². The van der Waals surface area contributed by atoms with Crippen molar-refractivity contribution < 1.29 is 19.4 Å². The second kappa shape index (κ2) is 12.6. The number of carbonyl (C=O) groups excluding carboxylic acids is 3. The predicted molar refractivity (Wildman–Crippen MR) is 134 cm³/mol. The third-order valence-electron chi connectivity index (χ3n) is 5.49. The molecule has 2 atom stereocenters. The zero-order valence-electron chi connectivity index (χ0n) is 19.4. The van der Waals surface area contributed by atoms with Gasteiger partial charge in [-0.2, -0.15) is 0 Å². The molecule has 9 N–H and O–H groups in total. The zero-order valence-corrected chi connectivity index (χ0v) is 19.4. The summed E-state index contributed by atoms with van der Waals surface area (Å²) >= 11 is 0. The van der Waals surface area contributed by atoms with E-state index in [9.17, 15) is 14.4 Å². The number of rotatable bonds is 11. The number of nitrogens with two attached hydrogens (primary N) is 3. The summed E-state index contributed by atoms with van der Waals surface area (Å²) in [5, 5.41) is 6.45. The van der Waals surface area contributed by atoms with Gasteiger partial charge in [-0.3, -0.25) is 14.4 Å². The first kappa shape index (κ1) is 25.8. The molecule has 1 aromatic heterocycles. The van der Waals surface area contributed by atoms with E-state index in [-0.39, 0.29) is 25.4 Å². The monoisotopic (exact) mass is 478 g/mol. The number of aromatic amines is 1. The van der Waals surface area contributed by atoms with E-state index in [0.29, 0.717) is 24.3 Å². The van der Waals surface area contributed by atoms with Crippen LogP contribution in [-0.2, 0) is 14.4 Å². The van der Waals surface area contributed by atoms with Crippen LogP contribution in [0.3, 0.4) is 0 Å².